The van der Waals surface area contributed by atoms with Crippen molar-refractivity contribution >= 4 is 22.4 Å². The third kappa shape index (κ3) is 4.94. The van der Waals surface area contributed by atoms with E-state index in [2.05, 4.69) is 60.4 Å². The minimum absolute atomic E-state index is 0.0996. The van der Waals surface area contributed by atoms with Crippen LogP contribution in [0.15, 0.2) is 84.9 Å². The number of anilines is 1. The highest BCUT2D eigenvalue weighted by atomic mass is 16.5. The molecule has 4 aromatic rings. The van der Waals surface area contributed by atoms with Gasteiger partial charge in [-0.05, 0) is 77.8 Å². The number of benzene rings is 4. The number of carboxylic acid groups (broad SMARTS) is 1. The molecule has 0 saturated heterocycles. The van der Waals surface area contributed by atoms with Crippen molar-refractivity contribution in [1.29, 1.82) is 0 Å². The van der Waals surface area contributed by atoms with Crippen LogP contribution in [0.2, 0.25) is 0 Å². The van der Waals surface area contributed by atoms with E-state index in [-0.39, 0.29) is 6.10 Å². The molecule has 0 radical (unpaired) electrons. The van der Waals surface area contributed by atoms with Gasteiger partial charge < -0.3 is 14.7 Å². The summed E-state index contributed by atoms with van der Waals surface area (Å²) in [5.41, 5.74) is 4.72. The summed E-state index contributed by atoms with van der Waals surface area (Å²) in [5.74, 6) is 0.502. The third-order valence-corrected chi connectivity index (χ3v) is 7.48. The second-order valence-corrected chi connectivity index (χ2v) is 9.88. The van der Waals surface area contributed by atoms with Crippen LogP contribution >= 0.6 is 0 Å². The van der Waals surface area contributed by atoms with Crippen molar-refractivity contribution in [2.24, 2.45) is 0 Å². The predicted molar refractivity (Wildman–Crippen MR) is 146 cm³/mol. The average Bonchev–Trinajstić information content (AvgIpc) is 2.89. The standard InChI is InChI=1S/C32H33NO3/c1-22(27-16-8-12-24-11-3-4-15-29(24)27)10-7-14-26-21-33(30-18-5-6-19-31(30)36-26)20-25-13-9-17-28(23(25)2)32(34)35/h3-6,8-9,11-13,15-19,22,26H,7,10,14,20-21H2,1-2H3,(H,34,35)/t22-,26?/m0/s1. The number of carboxylic acids is 1. The van der Waals surface area contributed by atoms with Crippen molar-refractivity contribution in [3.8, 4) is 5.75 Å². The van der Waals surface area contributed by atoms with Gasteiger partial charge in [-0.3, -0.25) is 0 Å². The fourth-order valence-corrected chi connectivity index (χ4v) is 5.46. The molecule has 36 heavy (non-hydrogen) atoms. The van der Waals surface area contributed by atoms with E-state index in [4.69, 9.17) is 4.74 Å². The Balaban J connectivity index is 1.28. The van der Waals surface area contributed by atoms with Crippen molar-refractivity contribution in [3.05, 3.63) is 107 Å². The molecular weight excluding hydrogens is 446 g/mol. The summed E-state index contributed by atoms with van der Waals surface area (Å²) in [6.45, 7) is 5.67. The van der Waals surface area contributed by atoms with Crippen molar-refractivity contribution in [3.63, 3.8) is 0 Å². The van der Waals surface area contributed by atoms with Crippen molar-refractivity contribution < 1.29 is 14.6 Å². The summed E-state index contributed by atoms with van der Waals surface area (Å²) in [5, 5.41) is 12.2. The fourth-order valence-electron chi connectivity index (χ4n) is 5.46. The van der Waals surface area contributed by atoms with Gasteiger partial charge in [-0.1, -0.05) is 73.7 Å². The summed E-state index contributed by atoms with van der Waals surface area (Å²) >= 11 is 0. The molecule has 0 amide bonds. The van der Waals surface area contributed by atoms with Crippen LogP contribution in [0.1, 0.15) is 59.2 Å². The van der Waals surface area contributed by atoms with E-state index in [1.807, 2.05) is 37.3 Å². The minimum atomic E-state index is -0.880. The summed E-state index contributed by atoms with van der Waals surface area (Å²) in [7, 11) is 0. The lowest BCUT2D eigenvalue weighted by Crippen LogP contribution is -2.39. The highest BCUT2D eigenvalue weighted by Crippen LogP contribution is 2.36. The van der Waals surface area contributed by atoms with E-state index >= 15 is 0 Å². The zero-order chi connectivity index (χ0) is 25.1. The number of aromatic carboxylic acids is 1. The zero-order valence-electron chi connectivity index (χ0n) is 21.0. The second-order valence-electron chi connectivity index (χ2n) is 9.88. The molecule has 0 aliphatic carbocycles. The molecule has 0 saturated carbocycles. The van der Waals surface area contributed by atoms with Crippen molar-refractivity contribution in [2.75, 3.05) is 11.4 Å². The van der Waals surface area contributed by atoms with Crippen LogP contribution in [0.4, 0.5) is 5.69 Å². The van der Waals surface area contributed by atoms with Crippen LogP contribution in [0.3, 0.4) is 0 Å². The molecular formula is C32H33NO3. The molecule has 1 aliphatic heterocycles. The first kappa shape index (κ1) is 23.9. The molecule has 1 unspecified atom stereocenters. The lowest BCUT2D eigenvalue weighted by Gasteiger charge is -2.37. The van der Waals surface area contributed by atoms with E-state index in [9.17, 15) is 9.90 Å². The Bertz CT molecular complexity index is 1370. The maximum absolute atomic E-state index is 11.6. The highest BCUT2D eigenvalue weighted by Gasteiger charge is 2.26. The van der Waals surface area contributed by atoms with Gasteiger partial charge in [0.25, 0.3) is 0 Å². The lowest BCUT2D eigenvalue weighted by molar-refractivity contribution is 0.0696. The van der Waals surface area contributed by atoms with E-state index < -0.39 is 5.97 Å². The third-order valence-electron chi connectivity index (χ3n) is 7.48. The molecule has 0 fully saturated rings. The lowest BCUT2D eigenvalue weighted by atomic mass is 9.90. The number of para-hydroxylation sites is 2. The van der Waals surface area contributed by atoms with Crippen molar-refractivity contribution in [1.82, 2.24) is 0 Å². The van der Waals surface area contributed by atoms with Crippen LogP contribution in [0.25, 0.3) is 10.8 Å². The number of carbonyl (C=O) groups is 1. The van der Waals surface area contributed by atoms with Gasteiger partial charge in [0, 0.05) is 6.54 Å². The smallest absolute Gasteiger partial charge is 0.335 e. The van der Waals surface area contributed by atoms with Crippen LogP contribution in [-0.2, 0) is 6.54 Å². The summed E-state index contributed by atoms with van der Waals surface area (Å²) < 4.78 is 6.41. The first-order valence-electron chi connectivity index (χ1n) is 12.8. The number of hydrogen-bond donors (Lipinski definition) is 1. The van der Waals surface area contributed by atoms with Gasteiger partial charge in [0.2, 0.25) is 0 Å². The zero-order valence-corrected chi connectivity index (χ0v) is 21.0. The number of ether oxygens (including phenoxy) is 1. The molecule has 184 valence electrons. The molecule has 0 bridgehead atoms. The second kappa shape index (κ2) is 10.4. The average molecular weight is 480 g/mol. The molecule has 2 atom stereocenters. The van der Waals surface area contributed by atoms with Gasteiger partial charge in [0.15, 0.2) is 0 Å². The number of nitrogens with zero attached hydrogens (tertiary/aromatic N) is 1. The van der Waals surface area contributed by atoms with E-state index in [1.165, 1.54) is 16.3 Å². The Hall–Kier alpha value is -3.79. The summed E-state index contributed by atoms with van der Waals surface area (Å²) in [4.78, 5) is 14.0. The Morgan fingerprint density at radius 1 is 1.00 bits per heavy atom. The maximum Gasteiger partial charge on any atom is 0.335 e. The van der Waals surface area contributed by atoms with Gasteiger partial charge in [-0.2, -0.15) is 0 Å². The fraction of sp³-hybridized carbons (Fsp3) is 0.281. The van der Waals surface area contributed by atoms with Gasteiger partial charge in [0.05, 0.1) is 17.8 Å². The van der Waals surface area contributed by atoms with Crippen LogP contribution in [0, 0.1) is 6.92 Å². The molecule has 5 rings (SSSR count). The predicted octanol–water partition coefficient (Wildman–Crippen LogP) is 7.59. The number of fused-ring (bicyclic) bond motifs is 2. The molecule has 1 heterocycles. The van der Waals surface area contributed by atoms with E-state index in [1.54, 1.807) is 6.07 Å². The monoisotopic (exact) mass is 479 g/mol. The molecule has 4 heteroatoms. The Morgan fingerprint density at radius 2 is 1.75 bits per heavy atom. The summed E-state index contributed by atoms with van der Waals surface area (Å²) in [6, 6.07) is 28.9. The summed E-state index contributed by atoms with van der Waals surface area (Å²) in [6.07, 6.45) is 3.27. The van der Waals surface area contributed by atoms with Gasteiger partial charge in [0.1, 0.15) is 11.9 Å². The maximum atomic E-state index is 11.6. The van der Waals surface area contributed by atoms with Gasteiger partial charge in [-0.15, -0.1) is 0 Å². The highest BCUT2D eigenvalue weighted by molar-refractivity contribution is 5.89. The number of rotatable bonds is 8. The van der Waals surface area contributed by atoms with E-state index in [0.29, 0.717) is 18.0 Å². The first-order chi connectivity index (χ1) is 17.5. The van der Waals surface area contributed by atoms with Crippen LogP contribution in [0.5, 0.6) is 5.75 Å². The van der Waals surface area contributed by atoms with Gasteiger partial charge >= 0.3 is 5.97 Å². The normalized spacial score (nSPS) is 15.8. The minimum Gasteiger partial charge on any atom is -0.486 e. The van der Waals surface area contributed by atoms with E-state index in [0.717, 1.165) is 48.4 Å². The van der Waals surface area contributed by atoms with Crippen molar-refractivity contribution in [2.45, 2.75) is 51.7 Å². The molecule has 1 N–H and O–H groups in total. The van der Waals surface area contributed by atoms with Crippen LogP contribution in [-0.4, -0.2) is 23.7 Å². The molecule has 4 nitrogen and oxygen atoms in total. The largest absolute Gasteiger partial charge is 0.486 e. The Morgan fingerprint density at radius 3 is 2.61 bits per heavy atom. The van der Waals surface area contributed by atoms with Crippen LogP contribution < -0.4 is 9.64 Å². The Labute approximate surface area is 213 Å². The molecule has 0 aromatic heterocycles. The van der Waals surface area contributed by atoms with Gasteiger partial charge in [-0.25, -0.2) is 4.79 Å². The molecule has 1 aliphatic rings. The number of hydrogen-bond acceptors (Lipinski definition) is 3. The topological polar surface area (TPSA) is 49.8 Å². The SMILES string of the molecule is Cc1c(CN2CC(CCC[C@H](C)c3cccc4ccccc34)Oc3ccccc32)cccc1C(=O)O. The first-order valence-corrected chi connectivity index (χ1v) is 12.8. The molecule has 0 spiro atoms. The molecule has 4 aromatic carbocycles. The quantitative estimate of drug-likeness (QED) is 0.283. The Kier molecular flexibility index (Phi) is 6.95.